The van der Waals surface area contributed by atoms with Crippen molar-refractivity contribution in [1.82, 2.24) is 15.3 Å². The van der Waals surface area contributed by atoms with Crippen molar-refractivity contribution in [2.24, 2.45) is 11.8 Å². The molecule has 190 valence electrons. The Bertz CT molecular complexity index is 1070. The lowest BCUT2D eigenvalue weighted by Crippen LogP contribution is -2.51. The maximum atomic E-state index is 13.4. The minimum Gasteiger partial charge on any atom is -0.506 e. The summed E-state index contributed by atoms with van der Waals surface area (Å²) >= 11 is 0. The minimum absolute atomic E-state index is 0.0369. The predicted molar refractivity (Wildman–Crippen MR) is 126 cm³/mol. The summed E-state index contributed by atoms with van der Waals surface area (Å²) in [6.07, 6.45) is 0.811. The highest BCUT2D eigenvalue weighted by atomic mass is 16.7. The van der Waals surface area contributed by atoms with Crippen molar-refractivity contribution in [2.45, 2.75) is 51.3 Å². The number of nitrogens with one attached hydrogen (secondary N) is 1. The third kappa shape index (κ3) is 7.19. The molecule has 1 amide bonds. The third-order valence-electron chi connectivity index (χ3n) is 5.64. The van der Waals surface area contributed by atoms with E-state index in [9.17, 15) is 24.3 Å². The molecule has 0 spiro atoms. The number of hydrogen-bond acceptors (Lipinski definition) is 9. The van der Waals surface area contributed by atoms with Gasteiger partial charge in [0.25, 0.3) is 0 Å². The number of rotatable bonds is 12. The van der Waals surface area contributed by atoms with Crippen molar-refractivity contribution in [3.05, 3.63) is 60.2 Å². The summed E-state index contributed by atoms with van der Waals surface area (Å²) in [5.74, 6) is -5.07. The molecule has 3 N–H and O–H groups in total. The van der Waals surface area contributed by atoms with Crippen LogP contribution in [-0.4, -0.2) is 69.1 Å². The highest BCUT2D eigenvalue weighted by Gasteiger charge is 2.50. The van der Waals surface area contributed by atoms with Gasteiger partial charge in [-0.3, -0.25) is 19.4 Å². The summed E-state index contributed by atoms with van der Waals surface area (Å²) in [6, 6.07) is 9.19. The van der Waals surface area contributed by atoms with Crippen molar-refractivity contribution in [2.75, 3.05) is 0 Å². The Morgan fingerprint density at radius 1 is 1.17 bits per heavy atom. The number of carboxylic acid groups (broad SMARTS) is 1. The molecular formula is C24H28BN3O8. The van der Waals surface area contributed by atoms with Crippen LogP contribution >= 0.6 is 0 Å². The first-order valence-electron chi connectivity index (χ1n) is 11.6. The Labute approximate surface area is 208 Å². The van der Waals surface area contributed by atoms with Gasteiger partial charge in [-0.15, -0.1) is 0 Å². The Hall–Kier alpha value is -3.64. The van der Waals surface area contributed by atoms with Crippen LogP contribution in [-0.2, 0) is 30.1 Å². The van der Waals surface area contributed by atoms with Gasteiger partial charge < -0.3 is 24.8 Å². The lowest BCUT2D eigenvalue weighted by molar-refractivity contribution is -0.157. The number of ketones is 1. The van der Waals surface area contributed by atoms with Crippen LogP contribution in [0.3, 0.4) is 0 Å². The number of hydrogen-bond donors (Lipinski definition) is 3. The van der Waals surface area contributed by atoms with E-state index in [1.807, 2.05) is 44.2 Å². The highest BCUT2D eigenvalue weighted by Crippen LogP contribution is 2.22. The first-order valence-corrected chi connectivity index (χ1v) is 11.6. The van der Waals surface area contributed by atoms with Crippen LogP contribution in [0.5, 0.6) is 0 Å². The third-order valence-corrected chi connectivity index (χ3v) is 5.64. The molecule has 2 heterocycles. The zero-order valence-electron chi connectivity index (χ0n) is 19.9. The van der Waals surface area contributed by atoms with E-state index in [2.05, 4.69) is 15.3 Å². The fourth-order valence-corrected chi connectivity index (χ4v) is 3.89. The molecule has 0 saturated carbocycles. The van der Waals surface area contributed by atoms with Gasteiger partial charge >= 0.3 is 19.1 Å². The molecule has 1 saturated heterocycles. The van der Waals surface area contributed by atoms with Gasteiger partial charge in [-0.1, -0.05) is 44.2 Å². The number of aromatic nitrogens is 2. The van der Waals surface area contributed by atoms with Crippen LogP contribution in [0.15, 0.2) is 48.9 Å². The normalized spacial score (nSPS) is 17.8. The molecule has 4 atom stereocenters. The fraction of sp³-hybridized carbons (Fsp3) is 0.417. The van der Waals surface area contributed by atoms with Crippen molar-refractivity contribution in [1.29, 1.82) is 0 Å². The summed E-state index contributed by atoms with van der Waals surface area (Å²) in [6.45, 7) is 3.77. The molecule has 0 radical (unpaired) electrons. The number of aliphatic carboxylic acids is 1. The first kappa shape index (κ1) is 27.0. The van der Waals surface area contributed by atoms with Crippen molar-refractivity contribution in [3.63, 3.8) is 0 Å². The van der Waals surface area contributed by atoms with Gasteiger partial charge in [-0.25, -0.2) is 9.78 Å². The number of carboxylic acids is 1. The Balaban J connectivity index is 1.79. The van der Waals surface area contributed by atoms with Crippen molar-refractivity contribution in [3.8, 4) is 0 Å². The molecule has 0 bridgehead atoms. The van der Waals surface area contributed by atoms with Gasteiger partial charge in [0.05, 0.1) is 12.1 Å². The molecule has 2 aromatic rings. The van der Waals surface area contributed by atoms with Crippen molar-refractivity contribution >= 4 is 30.7 Å². The monoisotopic (exact) mass is 497 g/mol. The lowest BCUT2D eigenvalue weighted by Gasteiger charge is -2.24. The fourth-order valence-electron chi connectivity index (χ4n) is 3.89. The van der Waals surface area contributed by atoms with E-state index < -0.39 is 49.0 Å². The van der Waals surface area contributed by atoms with Crippen molar-refractivity contribution < 1.29 is 38.7 Å². The minimum atomic E-state index is -2.10. The number of aliphatic hydroxyl groups is 1. The summed E-state index contributed by atoms with van der Waals surface area (Å²) < 4.78 is 10.6. The predicted octanol–water partition coefficient (Wildman–Crippen LogP) is 0.854. The van der Waals surface area contributed by atoms with E-state index in [1.54, 1.807) is 0 Å². The van der Waals surface area contributed by atoms with Crippen LogP contribution < -0.4 is 5.32 Å². The highest BCUT2D eigenvalue weighted by molar-refractivity contribution is 6.51. The van der Waals surface area contributed by atoms with Gasteiger partial charge in [-0.05, 0) is 24.3 Å². The standard InChI is InChI=1S/C24H28BN3O8/c1-14(2)10-19(25-35-21(24(34)36-25)20(30)23(32)33)28-22(31)16(11-15-6-4-3-5-7-15)12-18(29)17-13-26-8-9-27-17/h3-9,13-14,16,19-21,30H,10-12H2,1-2H3,(H,28,31)(H,32,33)/t16-,19-,20+,21?/m0/s1. The number of benzene rings is 1. The number of nitrogens with zero attached hydrogens (tertiary/aromatic N) is 2. The van der Waals surface area contributed by atoms with Crippen LogP contribution in [0.2, 0.25) is 0 Å². The molecule has 36 heavy (non-hydrogen) atoms. The topological polar surface area (TPSA) is 165 Å². The molecular weight excluding hydrogens is 469 g/mol. The quantitative estimate of drug-likeness (QED) is 0.283. The Morgan fingerprint density at radius 2 is 1.89 bits per heavy atom. The SMILES string of the molecule is CC(C)C[C@H](NC(=O)[C@H](CC(=O)c1cnccn1)Cc1ccccc1)B1OC(=O)C([C@@H](O)C(=O)O)O1. The smallest absolute Gasteiger partial charge is 0.506 e. The average Bonchev–Trinajstić information content (AvgIpc) is 3.24. The summed E-state index contributed by atoms with van der Waals surface area (Å²) in [7, 11) is -1.30. The average molecular weight is 497 g/mol. The summed E-state index contributed by atoms with van der Waals surface area (Å²) in [4.78, 5) is 57.4. The van der Waals surface area contributed by atoms with Crippen LogP contribution in [0.1, 0.15) is 42.7 Å². The maximum Gasteiger partial charge on any atom is 0.552 e. The summed E-state index contributed by atoms with van der Waals surface area (Å²) in [5.41, 5.74) is 0.985. The van der Waals surface area contributed by atoms with Gasteiger partial charge in [-0.2, -0.15) is 0 Å². The number of aliphatic hydroxyl groups excluding tert-OH is 1. The molecule has 12 heteroatoms. The zero-order chi connectivity index (χ0) is 26.2. The molecule has 1 aliphatic rings. The molecule has 1 fully saturated rings. The molecule has 0 aliphatic carbocycles. The second-order valence-electron chi connectivity index (χ2n) is 8.99. The summed E-state index contributed by atoms with van der Waals surface area (Å²) in [5, 5.41) is 21.6. The van der Waals surface area contributed by atoms with Gasteiger partial charge in [0.1, 0.15) is 5.69 Å². The van der Waals surface area contributed by atoms with Crippen LogP contribution in [0.25, 0.3) is 0 Å². The lowest BCUT2D eigenvalue weighted by atomic mass is 9.73. The molecule has 1 unspecified atom stereocenters. The Morgan fingerprint density at radius 3 is 2.50 bits per heavy atom. The van der Waals surface area contributed by atoms with E-state index >= 15 is 0 Å². The molecule has 11 nitrogen and oxygen atoms in total. The largest absolute Gasteiger partial charge is 0.552 e. The molecule has 1 aliphatic heterocycles. The van der Waals surface area contributed by atoms with E-state index in [1.165, 1.54) is 18.6 Å². The molecule has 3 rings (SSSR count). The number of carbonyl (C=O) groups is 4. The van der Waals surface area contributed by atoms with E-state index in [4.69, 9.17) is 14.4 Å². The van der Waals surface area contributed by atoms with Crippen LogP contribution in [0.4, 0.5) is 0 Å². The maximum absolute atomic E-state index is 13.4. The van der Waals surface area contributed by atoms with E-state index in [0.717, 1.165) is 5.56 Å². The Kier molecular flexibility index (Phi) is 9.26. The number of carbonyl (C=O) groups excluding carboxylic acids is 3. The van der Waals surface area contributed by atoms with Crippen LogP contribution in [0, 0.1) is 11.8 Å². The van der Waals surface area contributed by atoms with Gasteiger partial charge in [0.15, 0.2) is 18.0 Å². The second-order valence-corrected chi connectivity index (χ2v) is 8.99. The number of amides is 1. The van der Waals surface area contributed by atoms with Gasteiger partial charge in [0.2, 0.25) is 5.91 Å². The zero-order valence-corrected chi connectivity index (χ0v) is 19.9. The molecule has 1 aromatic heterocycles. The van der Waals surface area contributed by atoms with E-state index in [-0.39, 0.29) is 30.2 Å². The van der Waals surface area contributed by atoms with Gasteiger partial charge in [0, 0.05) is 24.7 Å². The first-order chi connectivity index (χ1) is 17.2. The molecule has 1 aromatic carbocycles. The second kappa shape index (κ2) is 12.4. The number of Topliss-reactive ketones (excluding diaryl/α,β-unsaturated/α-hetero) is 1. The van der Waals surface area contributed by atoms with E-state index in [0.29, 0.717) is 6.42 Å².